The zero-order valence-electron chi connectivity index (χ0n) is 12.2. The smallest absolute Gasteiger partial charge is 0.0917 e. The molecule has 1 heterocycles. The normalized spacial score (nSPS) is 21.8. The summed E-state index contributed by atoms with van der Waals surface area (Å²) in [6, 6.07) is 6.31. The van der Waals surface area contributed by atoms with Crippen molar-refractivity contribution in [3.05, 3.63) is 34.9 Å². The van der Waals surface area contributed by atoms with Gasteiger partial charge in [0.25, 0.3) is 0 Å². The molecule has 19 heavy (non-hydrogen) atoms. The summed E-state index contributed by atoms with van der Waals surface area (Å²) in [6.45, 7) is 7.81. The second-order valence-corrected chi connectivity index (χ2v) is 5.81. The highest BCUT2D eigenvalue weighted by atomic mass is 16.5. The Morgan fingerprint density at radius 2 is 2.00 bits per heavy atom. The third-order valence-corrected chi connectivity index (χ3v) is 3.83. The minimum Gasteiger partial charge on any atom is -0.387 e. The van der Waals surface area contributed by atoms with Gasteiger partial charge in [0.15, 0.2) is 0 Å². The van der Waals surface area contributed by atoms with E-state index in [0.717, 1.165) is 31.8 Å². The van der Waals surface area contributed by atoms with Gasteiger partial charge in [-0.3, -0.25) is 0 Å². The van der Waals surface area contributed by atoms with Crippen molar-refractivity contribution < 1.29 is 9.84 Å². The van der Waals surface area contributed by atoms with Crippen molar-refractivity contribution in [2.75, 3.05) is 33.4 Å². The lowest BCUT2D eigenvalue weighted by Crippen LogP contribution is -2.27. The Hall–Kier alpha value is -0.900. The van der Waals surface area contributed by atoms with E-state index in [1.165, 1.54) is 17.5 Å². The lowest BCUT2D eigenvalue weighted by atomic mass is 10.0. The molecule has 1 aromatic rings. The lowest BCUT2D eigenvalue weighted by Gasteiger charge is -2.21. The molecule has 0 spiro atoms. The van der Waals surface area contributed by atoms with E-state index in [0.29, 0.717) is 5.92 Å². The number of hydrogen-bond acceptors (Lipinski definition) is 3. The van der Waals surface area contributed by atoms with Crippen molar-refractivity contribution >= 4 is 0 Å². The van der Waals surface area contributed by atoms with E-state index in [-0.39, 0.29) is 6.10 Å². The van der Waals surface area contributed by atoms with E-state index in [1.807, 2.05) is 0 Å². The summed E-state index contributed by atoms with van der Waals surface area (Å²) >= 11 is 0. The van der Waals surface area contributed by atoms with Crippen LogP contribution >= 0.6 is 0 Å². The first kappa shape index (κ1) is 14.5. The van der Waals surface area contributed by atoms with E-state index in [1.54, 1.807) is 7.11 Å². The van der Waals surface area contributed by atoms with E-state index in [9.17, 15) is 5.11 Å². The standard InChI is InChI=1S/C16H25NO2/c1-12-6-13(2)8-15(7-12)16(18)10-17-5-4-14(9-17)11-19-3/h6-8,14,16,18H,4-5,9-11H2,1-3H3. The van der Waals surface area contributed by atoms with Crippen LogP contribution in [0.5, 0.6) is 0 Å². The Labute approximate surface area is 116 Å². The number of likely N-dealkylation sites (tertiary alicyclic amines) is 1. The predicted molar refractivity (Wildman–Crippen MR) is 77.3 cm³/mol. The van der Waals surface area contributed by atoms with Gasteiger partial charge in [-0.2, -0.15) is 0 Å². The number of β-amino-alcohol motifs (C(OH)–C–C–N with tert-alkyl or cyclic N) is 1. The Balaban J connectivity index is 1.92. The number of hydrogen-bond donors (Lipinski definition) is 1. The number of benzene rings is 1. The molecule has 1 aliphatic heterocycles. The number of rotatable bonds is 5. The molecule has 3 nitrogen and oxygen atoms in total. The van der Waals surface area contributed by atoms with Gasteiger partial charge in [-0.15, -0.1) is 0 Å². The highest BCUT2D eigenvalue weighted by molar-refractivity contribution is 5.30. The van der Waals surface area contributed by atoms with Gasteiger partial charge in [-0.1, -0.05) is 29.3 Å². The van der Waals surface area contributed by atoms with E-state index in [2.05, 4.69) is 36.9 Å². The number of aliphatic hydroxyl groups excluding tert-OH is 1. The van der Waals surface area contributed by atoms with Crippen LogP contribution in [-0.2, 0) is 4.74 Å². The van der Waals surface area contributed by atoms with Crippen LogP contribution in [0, 0.1) is 19.8 Å². The van der Waals surface area contributed by atoms with Crippen LogP contribution in [0.2, 0.25) is 0 Å². The Bertz CT molecular complexity index is 399. The van der Waals surface area contributed by atoms with Crippen molar-refractivity contribution in [1.29, 1.82) is 0 Å². The Morgan fingerprint density at radius 3 is 2.63 bits per heavy atom. The molecule has 1 fully saturated rings. The van der Waals surface area contributed by atoms with Gasteiger partial charge in [0.05, 0.1) is 12.7 Å². The van der Waals surface area contributed by atoms with E-state index < -0.39 is 0 Å². The van der Waals surface area contributed by atoms with Gasteiger partial charge >= 0.3 is 0 Å². The average molecular weight is 263 g/mol. The topological polar surface area (TPSA) is 32.7 Å². The molecule has 0 aromatic heterocycles. The quantitative estimate of drug-likeness (QED) is 0.885. The van der Waals surface area contributed by atoms with Gasteiger partial charge in [-0.25, -0.2) is 0 Å². The summed E-state index contributed by atoms with van der Waals surface area (Å²) in [5.41, 5.74) is 3.47. The molecule has 0 amide bonds. The SMILES string of the molecule is COCC1CCN(CC(O)c2cc(C)cc(C)c2)C1. The number of nitrogens with zero attached hydrogens (tertiary/aromatic N) is 1. The fourth-order valence-corrected chi connectivity index (χ4v) is 3.00. The molecular formula is C16H25NO2. The lowest BCUT2D eigenvalue weighted by molar-refractivity contribution is 0.115. The monoisotopic (exact) mass is 263 g/mol. The zero-order chi connectivity index (χ0) is 13.8. The minimum absolute atomic E-state index is 0.389. The molecule has 1 N–H and O–H groups in total. The molecule has 0 aliphatic carbocycles. The molecule has 0 bridgehead atoms. The molecule has 0 radical (unpaired) electrons. The maximum Gasteiger partial charge on any atom is 0.0917 e. The van der Waals surface area contributed by atoms with Crippen molar-refractivity contribution in [2.24, 2.45) is 5.92 Å². The van der Waals surface area contributed by atoms with Crippen LogP contribution in [0.15, 0.2) is 18.2 Å². The molecule has 2 unspecified atom stereocenters. The van der Waals surface area contributed by atoms with Gasteiger partial charge in [-0.05, 0) is 38.3 Å². The maximum atomic E-state index is 10.4. The van der Waals surface area contributed by atoms with Crippen molar-refractivity contribution in [3.8, 4) is 0 Å². The summed E-state index contributed by atoms with van der Waals surface area (Å²) in [5, 5.41) is 10.4. The van der Waals surface area contributed by atoms with Crippen molar-refractivity contribution in [2.45, 2.75) is 26.4 Å². The molecule has 0 saturated carbocycles. The average Bonchev–Trinajstić information content (AvgIpc) is 2.76. The van der Waals surface area contributed by atoms with Crippen LogP contribution in [0.3, 0.4) is 0 Å². The number of aryl methyl sites for hydroxylation is 2. The molecule has 1 saturated heterocycles. The van der Waals surface area contributed by atoms with Crippen molar-refractivity contribution in [3.63, 3.8) is 0 Å². The molecule has 1 aliphatic rings. The molecule has 1 aromatic carbocycles. The van der Waals surface area contributed by atoms with E-state index in [4.69, 9.17) is 4.74 Å². The second-order valence-electron chi connectivity index (χ2n) is 5.81. The summed E-state index contributed by atoms with van der Waals surface area (Å²) < 4.78 is 5.21. The fourth-order valence-electron chi connectivity index (χ4n) is 3.00. The van der Waals surface area contributed by atoms with E-state index >= 15 is 0 Å². The maximum absolute atomic E-state index is 10.4. The molecule has 3 heteroatoms. The molecule has 106 valence electrons. The van der Waals surface area contributed by atoms with Gasteiger partial charge in [0.1, 0.15) is 0 Å². The molecule has 2 atom stereocenters. The first-order chi connectivity index (χ1) is 9.08. The highest BCUT2D eigenvalue weighted by Gasteiger charge is 2.24. The largest absolute Gasteiger partial charge is 0.387 e. The fraction of sp³-hybridized carbons (Fsp3) is 0.625. The summed E-state index contributed by atoms with van der Waals surface area (Å²) in [6.07, 6.45) is 0.785. The van der Waals surface area contributed by atoms with Gasteiger partial charge < -0.3 is 14.7 Å². The number of ether oxygens (including phenoxy) is 1. The van der Waals surface area contributed by atoms with Gasteiger partial charge in [0.2, 0.25) is 0 Å². The Kier molecular flexibility index (Phi) is 4.97. The van der Waals surface area contributed by atoms with Crippen LogP contribution in [-0.4, -0.2) is 43.4 Å². The first-order valence-corrected chi connectivity index (χ1v) is 7.06. The molecular weight excluding hydrogens is 238 g/mol. The Morgan fingerprint density at radius 1 is 1.32 bits per heavy atom. The zero-order valence-corrected chi connectivity index (χ0v) is 12.2. The molecule has 2 rings (SSSR count). The highest BCUT2D eigenvalue weighted by Crippen LogP contribution is 2.22. The summed E-state index contributed by atoms with van der Waals surface area (Å²) in [7, 11) is 1.76. The number of aliphatic hydroxyl groups is 1. The summed E-state index contributed by atoms with van der Waals surface area (Å²) in [5.74, 6) is 0.622. The number of methoxy groups -OCH3 is 1. The first-order valence-electron chi connectivity index (χ1n) is 7.06. The van der Waals surface area contributed by atoms with Crippen LogP contribution < -0.4 is 0 Å². The summed E-state index contributed by atoms with van der Waals surface area (Å²) in [4.78, 5) is 2.34. The minimum atomic E-state index is -0.389. The van der Waals surface area contributed by atoms with Crippen molar-refractivity contribution in [1.82, 2.24) is 4.90 Å². The third kappa shape index (κ3) is 4.03. The van der Waals surface area contributed by atoms with Crippen LogP contribution in [0.1, 0.15) is 29.2 Å². The second kappa shape index (κ2) is 6.51. The van der Waals surface area contributed by atoms with Gasteiger partial charge in [0, 0.05) is 20.2 Å². The van der Waals surface area contributed by atoms with Crippen LogP contribution in [0.4, 0.5) is 0 Å². The van der Waals surface area contributed by atoms with Crippen LogP contribution in [0.25, 0.3) is 0 Å². The predicted octanol–water partition coefficient (Wildman–Crippen LogP) is 2.31. The third-order valence-electron chi connectivity index (χ3n) is 3.83.